The van der Waals surface area contributed by atoms with Crippen molar-refractivity contribution in [1.29, 1.82) is 0 Å². The zero-order valence-corrected chi connectivity index (χ0v) is 9.86. The fourth-order valence-electron chi connectivity index (χ4n) is 1.20. The van der Waals surface area contributed by atoms with Crippen molar-refractivity contribution in [3.8, 4) is 11.5 Å². The van der Waals surface area contributed by atoms with Gasteiger partial charge in [-0.05, 0) is 18.2 Å². The highest BCUT2D eigenvalue weighted by Crippen LogP contribution is 2.27. The molecule has 5 nitrogen and oxygen atoms in total. The van der Waals surface area contributed by atoms with Gasteiger partial charge in [0.1, 0.15) is 6.61 Å². The van der Waals surface area contributed by atoms with Gasteiger partial charge in [-0.25, -0.2) is 0 Å². The Kier molecular flexibility index (Phi) is 4.51. The van der Waals surface area contributed by atoms with Crippen LogP contribution in [0.1, 0.15) is 23.7 Å². The van der Waals surface area contributed by atoms with Crippen LogP contribution in [0.4, 0.5) is 0 Å². The summed E-state index contributed by atoms with van der Waals surface area (Å²) in [6, 6.07) is 4.56. The summed E-state index contributed by atoms with van der Waals surface area (Å²) in [6.45, 7) is 1.75. The summed E-state index contributed by atoms with van der Waals surface area (Å²) >= 11 is 0. The molecule has 0 spiro atoms. The van der Waals surface area contributed by atoms with E-state index in [1.165, 1.54) is 19.2 Å². The highest BCUT2D eigenvalue weighted by Gasteiger charge is 2.09. The molecule has 0 saturated heterocycles. The van der Waals surface area contributed by atoms with Crippen LogP contribution in [0.15, 0.2) is 18.2 Å². The summed E-state index contributed by atoms with van der Waals surface area (Å²) in [7, 11) is 1.45. The summed E-state index contributed by atoms with van der Waals surface area (Å²) in [5, 5.41) is 0. The third kappa shape index (κ3) is 3.48. The van der Waals surface area contributed by atoms with Crippen LogP contribution >= 0.6 is 0 Å². The average molecular weight is 237 g/mol. The van der Waals surface area contributed by atoms with E-state index in [1.807, 2.05) is 0 Å². The fourth-order valence-corrected chi connectivity index (χ4v) is 1.20. The van der Waals surface area contributed by atoms with E-state index in [0.717, 1.165) is 0 Å². The predicted octanol–water partition coefficient (Wildman–Crippen LogP) is 1.15. The number of ether oxygens (including phenoxy) is 2. The molecule has 0 atom stereocenters. The Morgan fingerprint density at radius 1 is 1.29 bits per heavy atom. The van der Waals surface area contributed by atoms with Crippen molar-refractivity contribution >= 4 is 11.7 Å². The molecule has 1 amide bonds. The Hall–Kier alpha value is -2.04. The number of benzene rings is 1. The fraction of sp³-hybridized carbons (Fsp3) is 0.333. The van der Waals surface area contributed by atoms with Crippen LogP contribution in [-0.4, -0.2) is 25.4 Å². The van der Waals surface area contributed by atoms with Crippen molar-refractivity contribution in [2.24, 2.45) is 5.73 Å². The Morgan fingerprint density at radius 2 is 2.00 bits per heavy atom. The lowest BCUT2D eigenvalue weighted by Gasteiger charge is -2.10. The lowest BCUT2D eigenvalue weighted by molar-refractivity contribution is -0.120. The van der Waals surface area contributed by atoms with Crippen molar-refractivity contribution in [3.63, 3.8) is 0 Å². The monoisotopic (exact) mass is 237 g/mol. The number of Topliss-reactive ketones (excluding diaryl/α,β-unsaturated/α-hetero) is 1. The number of hydrogen-bond acceptors (Lipinski definition) is 4. The Bertz CT molecular complexity index is 429. The molecule has 0 aromatic heterocycles. The third-order valence-corrected chi connectivity index (χ3v) is 2.23. The summed E-state index contributed by atoms with van der Waals surface area (Å²) < 4.78 is 10.3. The third-order valence-electron chi connectivity index (χ3n) is 2.23. The molecular formula is C12H15NO4. The molecule has 0 saturated carbocycles. The quantitative estimate of drug-likeness (QED) is 0.805. The number of nitrogens with two attached hydrogens (primary N) is 1. The average Bonchev–Trinajstić information content (AvgIpc) is 2.35. The SMILES string of the molecule is CCC(=O)COc1ccc(C(N)=O)cc1OC. The number of ketones is 1. The first-order valence-corrected chi connectivity index (χ1v) is 5.20. The molecule has 0 heterocycles. The van der Waals surface area contributed by atoms with Gasteiger partial charge in [-0.15, -0.1) is 0 Å². The Labute approximate surface area is 99.5 Å². The number of hydrogen-bond donors (Lipinski definition) is 1. The van der Waals surface area contributed by atoms with Gasteiger partial charge < -0.3 is 15.2 Å². The van der Waals surface area contributed by atoms with Gasteiger partial charge in [-0.3, -0.25) is 9.59 Å². The summed E-state index contributed by atoms with van der Waals surface area (Å²) in [6.07, 6.45) is 0.418. The van der Waals surface area contributed by atoms with Crippen molar-refractivity contribution in [2.45, 2.75) is 13.3 Å². The van der Waals surface area contributed by atoms with Gasteiger partial charge in [0.15, 0.2) is 17.3 Å². The highest BCUT2D eigenvalue weighted by atomic mass is 16.5. The van der Waals surface area contributed by atoms with E-state index in [0.29, 0.717) is 23.5 Å². The van der Waals surface area contributed by atoms with E-state index in [1.54, 1.807) is 13.0 Å². The molecular weight excluding hydrogens is 222 g/mol. The number of carbonyl (C=O) groups is 2. The second kappa shape index (κ2) is 5.89. The van der Waals surface area contributed by atoms with E-state index in [9.17, 15) is 9.59 Å². The van der Waals surface area contributed by atoms with Gasteiger partial charge in [-0.1, -0.05) is 6.92 Å². The number of primary amides is 1. The van der Waals surface area contributed by atoms with E-state index in [2.05, 4.69) is 0 Å². The lowest BCUT2D eigenvalue weighted by atomic mass is 10.2. The molecule has 0 fully saturated rings. The van der Waals surface area contributed by atoms with Gasteiger partial charge >= 0.3 is 0 Å². The van der Waals surface area contributed by atoms with Crippen molar-refractivity contribution in [2.75, 3.05) is 13.7 Å². The molecule has 1 aromatic rings. The van der Waals surface area contributed by atoms with E-state index >= 15 is 0 Å². The normalized spacial score (nSPS) is 9.76. The topological polar surface area (TPSA) is 78.6 Å². The largest absolute Gasteiger partial charge is 0.493 e. The van der Waals surface area contributed by atoms with Crippen LogP contribution in [0.3, 0.4) is 0 Å². The first-order chi connectivity index (χ1) is 8.08. The van der Waals surface area contributed by atoms with Gasteiger partial charge in [0.25, 0.3) is 0 Å². The number of rotatable bonds is 6. The maximum Gasteiger partial charge on any atom is 0.248 e. The van der Waals surface area contributed by atoms with Gasteiger partial charge in [0.05, 0.1) is 7.11 Å². The second-order valence-electron chi connectivity index (χ2n) is 3.41. The molecule has 0 radical (unpaired) electrons. The molecule has 0 aliphatic heterocycles. The van der Waals surface area contributed by atoms with E-state index < -0.39 is 5.91 Å². The zero-order chi connectivity index (χ0) is 12.8. The number of amides is 1. The van der Waals surface area contributed by atoms with Crippen LogP contribution in [0.2, 0.25) is 0 Å². The molecule has 0 aliphatic carbocycles. The molecule has 92 valence electrons. The van der Waals surface area contributed by atoms with Crippen molar-refractivity contribution in [3.05, 3.63) is 23.8 Å². The summed E-state index contributed by atoms with van der Waals surface area (Å²) in [5.41, 5.74) is 5.47. The molecule has 1 rings (SSSR count). The van der Waals surface area contributed by atoms with Crippen molar-refractivity contribution in [1.82, 2.24) is 0 Å². The first kappa shape index (κ1) is 13.0. The van der Waals surface area contributed by atoms with Crippen LogP contribution in [0.25, 0.3) is 0 Å². The number of methoxy groups -OCH3 is 1. The zero-order valence-electron chi connectivity index (χ0n) is 9.86. The minimum atomic E-state index is -0.542. The van der Waals surface area contributed by atoms with Crippen molar-refractivity contribution < 1.29 is 19.1 Å². The van der Waals surface area contributed by atoms with E-state index in [-0.39, 0.29) is 12.4 Å². The Balaban J connectivity index is 2.85. The highest BCUT2D eigenvalue weighted by molar-refractivity contribution is 5.93. The smallest absolute Gasteiger partial charge is 0.248 e. The molecule has 1 aromatic carbocycles. The van der Waals surface area contributed by atoms with Gasteiger partial charge in [0.2, 0.25) is 5.91 Å². The minimum Gasteiger partial charge on any atom is -0.493 e. The predicted molar refractivity (Wildman–Crippen MR) is 62.3 cm³/mol. The maximum absolute atomic E-state index is 11.1. The first-order valence-electron chi connectivity index (χ1n) is 5.20. The molecule has 17 heavy (non-hydrogen) atoms. The van der Waals surface area contributed by atoms with Crippen LogP contribution in [-0.2, 0) is 4.79 Å². The Morgan fingerprint density at radius 3 is 2.53 bits per heavy atom. The van der Waals surface area contributed by atoms with E-state index in [4.69, 9.17) is 15.2 Å². The van der Waals surface area contributed by atoms with Crippen LogP contribution in [0, 0.1) is 0 Å². The summed E-state index contributed by atoms with van der Waals surface area (Å²) in [4.78, 5) is 22.1. The lowest BCUT2D eigenvalue weighted by Crippen LogP contribution is -2.12. The molecule has 0 unspecified atom stereocenters. The molecule has 0 bridgehead atoms. The molecule has 5 heteroatoms. The minimum absolute atomic E-state index is 0.00830. The van der Waals surface area contributed by atoms with Gasteiger partial charge in [-0.2, -0.15) is 0 Å². The maximum atomic E-state index is 11.1. The van der Waals surface area contributed by atoms with Crippen LogP contribution in [0.5, 0.6) is 11.5 Å². The standard InChI is InChI=1S/C12H15NO4/c1-3-9(14)7-17-10-5-4-8(12(13)15)6-11(10)16-2/h4-6H,3,7H2,1-2H3,(H2,13,15). The molecule has 0 aliphatic rings. The second-order valence-corrected chi connectivity index (χ2v) is 3.41. The molecule has 2 N–H and O–H groups in total. The number of carbonyl (C=O) groups excluding carboxylic acids is 2. The van der Waals surface area contributed by atoms with Crippen LogP contribution < -0.4 is 15.2 Å². The summed E-state index contributed by atoms with van der Waals surface area (Å²) in [5.74, 6) is 0.245. The van der Waals surface area contributed by atoms with Gasteiger partial charge in [0, 0.05) is 12.0 Å².